The van der Waals surface area contributed by atoms with Crippen LogP contribution in [0.2, 0.25) is 0 Å². The SMILES string of the molecule is C[C@@H](C(=O)O)N(C)C1CCCCC1. The van der Waals surface area contributed by atoms with Gasteiger partial charge < -0.3 is 5.11 Å². The predicted octanol–water partition coefficient (Wildman–Crippen LogP) is 1.72. The Balaban J connectivity index is 2.44. The van der Waals surface area contributed by atoms with Gasteiger partial charge in [-0.05, 0) is 26.8 Å². The first-order valence-corrected chi connectivity index (χ1v) is 5.07. The topological polar surface area (TPSA) is 40.5 Å². The summed E-state index contributed by atoms with van der Waals surface area (Å²) >= 11 is 0. The van der Waals surface area contributed by atoms with Gasteiger partial charge in [-0.15, -0.1) is 0 Å². The van der Waals surface area contributed by atoms with E-state index < -0.39 is 5.97 Å². The average Bonchev–Trinajstić information content (AvgIpc) is 2.17. The summed E-state index contributed by atoms with van der Waals surface area (Å²) in [5.74, 6) is -0.715. The highest BCUT2D eigenvalue weighted by Gasteiger charge is 2.25. The van der Waals surface area contributed by atoms with E-state index >= 15 is 0 Å². The van der Waals surface area contributed by atoms with Crippen LogP contribution in [0.4, 0.5) is 0 Å². The maximum absolute atomic E-state index is 10.7. The van der Waals surface area contributed by atoms with Gasteiger partial charge in [0, 0.05) is 6.04 Å². The molecule has 76 valence electrons. The Morgan fingerprint density at radius 3 is 2.38 bits per heavy atom. The zero-order valence-corrected chi connectivity index (χ0v) is 8.49. The number of likely N-dealkylation sites (N-methyl/N-ethyl adjacent to an activating group) is 1. The van der Waals surface area contributed by atoms with E-state index in [1.165, 1.54) is 19.3 Å². The molecule has 3 nitrogen and oxygen atoms in total. The first-order valence-electron chi connectivity index (χ1n) is 5.07. The highest BCUT2D eigenvalue weighted by atomic mass is 16.4. The standard InChI is InChI=1S/C10H19NO2/c1-8(10(12)13)11(2)9-6-4-3-5-7-9/h8-9H,3-7H2,1-2H3,(H,12,13)/t8-/m0/s1. The van der Waals surface area contributed by atoms with Crippen molar-refractivity contribution >= 4 is 5.97 Å². The Morgan fingerprint density at radius 2 is 1.92 bits per heavy atom. The Kier molecular flexibility index (Phi) is 3.72. The maximum Gasteiger partial charge on any atom is 0.320 e. The molecule has 0 spiro atoms. The van der Waals surface area contributed by atoms with Crippen LogP contribution < -0.4 is 0 Å². The van der Waals surface area contributed by atoms with Crippen LogP contribution in [0.15, 0.2) is 0 Å². The molecule has 1 N–H and O–H groups in total. The summed E-state index contributed by atoms with van der Waals surface area (Å²) in [6.07, 6.45) is 6.14. The third-order valence-electron chi connectivity index (χ3n) is 3.12. The lowest BCUT2D eigenvalue weighted by atomic mass is 9.94. The van der Waals surface area contributed by atoms with E-state index in [2.05, 4.69) is 0 Å². The zero-order valence-electron chi connectivity index (χ0n) is 8.49. The van der Waals surface area contributed by atoms with E-state index in [4.69, 9.17) is 5.11 Å². The van der Waals surface area contributed by atoms with Gasteiger partial charge in [-0.25, -0.2) is 0 Å². The minimum absolute atomic E-state index is 0.344. The van der Waals surface area contributed by atoms with Crippen molar-refractivity contribution in [2.75, 3.05) is 7.05 Å². The molecule has 0 aromatic rings. The van der Waals surface area contributed by atoms with Crippen molar-refractivity contribution in [2.45, 2.75) is 51.1 Å². The van der Waals surface area contributed by atoms with Gasteiger partial charge in [0.15, 0.2) is 0 Å². The van der Waals surface area contributed by atoms with Crippen LogP contribution >= 0.6 is 0 Å². The van der Waals surface area contributed by atoms with Crippen LogP contribution in [0.5, 0.6) is 0 Å². The summed E-state index contributed by atoms with van der Waals surface area (Å²) < 4.78 is 0. The van der Waals surface area contributed by atoms with Crippen molar-refractivity contribution in [3.8, 4) is 0 Å². The van der Waals surface area contributed by atoms with Crippen molar-refractivity contribution in [3.05, 3.63) is 0 Å². The first-order chi connectivity index (χ1) is 6.13. The Labute approximate surface area is 79.7 Å². The fourth-order valence-corrected chi connectivity index (χ4v) is 1.98. The molecule has 0 amide bonds. The quantitative estimate of drug-likeness (QED) is 0.728. The minimum atomic E-state index is -0.715. The summed E-state index contributed by atoms with van der Waals surface area (Å²) in [5.41, 5.74) is 0. The third kappa shape index (κ3) is 2.69. The lowest BCUT2D eigenvalue weighted by Gasteiger charge is -2.33. The molecule has 1 rings (SSSR count). The normalized spacial score (nSPS) is 21.8. The zero-order chi connectivity index (χ0) is 9.84. The fraction of sp³-hybridized carbons (Fsp3) is 0.900. The summed E-state index contributed by atoms with van der Waals surface area (Å²) in [4.78, 5) is 12.7. The molecule has 0 aliphatic heterocycles. The first kappa shape index (κ1) is 10.5. The molecule has 0 heterocycles. The molecule has 1 fully saturated rings. The number of hydrogen-bond donors (Lipinski definition) is 1. The molecule has 13 heavy (non-hydrogen) atoms. The van der Waals surface area contributed by atoms with Crippen molar-refractivity contribution in [1.82, 2.24) is 4.90 Å². The van der Waals surface area contributed by atoms with Gasteiger partial charge in [-0.3, -0.25) is 9.69 Å². The van der Waals surface area contributed by atoms with Gasteiger partial charge >= 0.3 is 5.97 Å². The van der Waals surface area contributed by atoms with Gasteiger partial charge in [0.2, 0.25) is 0 Å². The summed E-state index contributed by atoms with van der Waals surface area (Å²) in [7, 11) is 1.93. The molecule has 0 aromatic heterocycles. The molecule has 0 unspecified atom stereocenters. The maximum atomic E-state index is 10.7. The number of nitrogens with zero attached hydrogens (tertiary/aromatic N) is 1. The largest absolute Gasteiger partial charge is 0.480 e. The number of rotatable bonds is 3. The number of hydrogen-bond acceptors (Lipinski definition) is 2. The van der Waals surface area contributed by atoms with Gasteiger partial charge in [0.25, 0.3) is 0 Å². The average molecular weight is 185 g/mol. The fourth-order valence-electron chi connectivity index (χ4n) is 1.98. The van der Waals surface area contributed by atoms with Crippen molar-refractivity contribution < 1.29 is 9.90 Å². The Bertz CT molecular complexity index is 176. The Hall–Kier alpha value is -0.570. The molecular weight excluding hydrogens is 166 g/mol. The molecule has 1 aliphatic rings. The molecule has 1 aliphatic carbocycles. The van der Waals surface area contributed by atoms with Crippen LogP contribution in [0, 0.1) is 0 Å². The highest BCUT2D eigenvalue weighted by molar-refractivity contribution is 5.72. The number of aliphatic carboxylic acids is 1. The number of carboxylic acids is 1. The van der Waals surface area contributed by atoms with Crippen LogP contribution in [0.3, 0.4) is 0 Å². The second kappa shape index (κ2) is 4.61. The Morgan fingerprint density at radius 1 is 1.38 bits per heavy atom. The smallest absolute Gasteiger partial charge is 0.320 e. The van der Waals surface area contributed by atoms with Crippen LogP contribution in [0.25, 0.3) is 0 Å². The third-order valence-corrected chi connectivity index (χ3v) is 3.12. The van der Waals surface area contributed by atoms with Crippen LogP contribution in [-0.4, -0.2) is 35.1 Å². The summed E-state index contributed by atoms with van der Waals surface area (Å²) in [5, 5.41) is 8.84. The molecule has 1 saturated carbocycles. The van der Waals surface area contributed by atoms with E-state index in [-0.39, 0.29) is 6.04 Å². The predicted molar refractivity (Wildman–Crippen MR) is 51.7 cm³/mol. The van der Waals surface area contributed by atoms with Crippen molar-refractivity contribution in [1.29, 1.82) is 0 Å². The molecule has 0 aromatic carbocycles. The van der Waals surface area contributed by atoms with Gasteiger partial charge in [-0.1, -0.05) is 19.3 Å². The molecule has 1 atom stereocenters. The molecule has 0 radical (unpaired) electrons. The van der Waals surface area contributed by atoms with Crippen molar-refractivity contribution in [2.24, 2.45) is 0 Å². The molecular formula is C10H19NO2. The minimum Gasteiger partial charge on any atom is -0.480 e. The van der Waals surface area contributed by atoms with E-state index in [1.54, 1.807) is 6.92 Å². The van der Waals surface area contributed by atoms with Gasteiger partial charge in [-0.2, -0.15) is 0 Å². The highest BCUT2D eigenvalue weighted by Crippen LogP contribution is 2.22. The summed E-state index contributed by atoms with van der Waals surface area (Å²) in [6, 6.07) is 0.142. The monoisotopic (exact) mass is 185 g/mol. The lowest BCUT2D eigenvalue weighted by molar-refractivity contribution is -0.143. The molecule has 0 saturated heterocycles. The van der Waals surface area contributed by atoms with Crippen LogP contribution in [0.1, 0.15) is 39.0 Å². The van der Waals surface area contributed by atoms with Gasteiger partial charge in [0.05, 0.1) is 0 Å². The van der Waals surface area contributed by atoms with Gasteiger partial charge in [0.1, 0.15) is 6.04 Å². The molecule has 0 bridgehead atoms. The van der Waals surface area contributed by atoms with E-state index in [0.29, 0.717) is 6.04 Å². The second-order valence-electron chi connectivity index (χ2n) is 3.97. The number of carbonyl (C=O) groups is 1. The van der Waals surface area contributed by atoms with E-state index in [9.17, 15) is 4.79 Å². The van der Waals surface area contributed by atoms with Crippen LogP contribution in [-0.2, 0) is 4.79 Å². The number of carboxylic acid groups (broad SMARTS) is 1. The lowest BCUT2D eigenvalue weighted by Crippen LogP contribution is -2.43. The van der Waals surface area contributed by atoms with E-state index in [1.807, 2.05) is 11.9 Å². The second-order valence-corrected chi connectivity index (χ2v) is 3.97. The van der Waals surface area contributed by atoms with Crippen molar-refractivity contribution in [3.63, 3.8) is 0 Å². The van der Waals surface area contributed by atoms with E-state index in [0.717, 1.165) is 12.8 Å². The summed E-state index contributed by atoms with van der Waals surface area (Å²) in [6.45, 7) is 1.76. The molecule has 3 heteroatoms.